The molecule has 1 aromatic heterocycles. The normalized spacial score (nSPS) is 17.7. The largest absolute Gasteiger partial charge is 0.497 e. The van der Waals surface area contributed by atoms with E-state index in [1.165, 1.54) is 12.8 Å². The number of anilines is 1. The molecule has 0 bridgehead atoms. The van der Waals surface area contributed by atoms with Crippen molar-refractivity contribution in [2.75, 3.05) is 25.5 Å². The molecule has 1 aliphatic carbocycles. The Morgan fingerprint density at radius 1 is 1.35 bits per heavy atom. The number of aromatic nitrogens is 3. The standard InChI is InChI=1S/C16H19N5O2/c1-23-14-4-2-3-12(7-14)17-16(22)20-8-13(9-20)21-10-15(18-19-21)11-5-6-11/h2-4,7,10-11,13H,5-6,8-9H2,1H3,(H,17,22). The minimum absolute atomic E-state index is 0.1000. The lowest BCUT2D eigenvalue weighted by atomic mass is 10.1. The van der Waals surface area contributed by atoms with E-state index < -0.39 is 0 Å². The number of carbonyl (C=O) groups excluding carboxylic acids is 1. The molecule has 2 aromatic rings. The highest BCUT2D eigenvalue weighted by molar-refractivity contribution is 5.90. The van der Waals surface area contributed by atoms with Gasteiger partial charge in [-0.05, 0) is 25.0 Å². The molecular formula is C16H19N5O2. The van der Waals surface area contributed by atoms with Crippen LogP contribution in [0.2, 0.25) is 0 Å². The van der Waals surface area contributed by atoms with Crippen molar-refractivity contribution in [3.05, 3.63) is 36.2 Å². The molecule has 0 radical (unpaired) electrons. The monoisotopic (exact) mass is 313 g/mol. The number of benzene rings is 1. The molecule has 7 heteroatoms. The highest BCUT2D eigenvalue weighted by Crippen LogP contribution is 2.39. The Morgan fingerprint density at radius 3 is 2.91 bits per heavy atom. The Kier molecular flexibility index (Phi) is 3.40. The van der Waals surface area contributed by atoms with Gasteiger partial charge in [-0.15, -0.1) is 5.10 Å². The highest BCUT2D eigenvalue weighted by atomic mass is 16.5. The molecule has 1 N–H and O–H groups in total. The van der Waals surface area contributed by atoms with Crippen LogP contribution in [0.25, 0.3) is 0 Å². The minimum atomic E-state index is -0.1000. The third-order valence-electron chi connectivity index (χ3n) is 4.37. The van der Waals surface area contributed by atoms with Crippen LogP contribution in [-0.4, -0.2) is 46.1 Å². The van der Waals surface area contributed by atoms with Crippen molar-refractivity contribution < 1.29 is 9.53 Å². The van der Waals surface area contributed by atoms with E-state index in [0.717, 1.165) is 17.1 Å². The Bertz CT molecular complexity index is 719. The number of nitrogens with zero attached hydrogens (tertiary/aromatic N) is 4. The summed E-state index contributed by atoms with van der Waals surface area (Å²) in [5, 5.41) is 11.3. The van der Waals surface area contributed by atoms with Gasteiger partial charge in [-0.1, -0.05) is 11.3 Å². The molecule has 0 unspecified atom stereocenters. The fourth-order valence-corrected chi connectivity index (χ4v) is 2.73. The summed E-state index contributed by atoms with van der Waals surface area (Å²) >= 11 is 0. The lowest BCUT2D eigenvalue weighted by molar-refractivity contribution is 0.127. The van der Waals surface area contributed by atoms with Gasteiger partial charge >= 0.3 is 6.03 Å². The van der Waals surface area contributed by atoms with Crippen LogP contribution in [0.1, 0.15) is 30.5 Å². The number of hydrogen-bond donors (Lipinski definition) is 1. The van der Waals surface area contributed by atoms with E-state index in [4.69, 9.17) is 4.74 Å². The Morgan fingerprint density at radius 2 is 2.17 bits per heavy atom. The van der Waals surface area contributed by atoms with E-state index in [0.29, 0.717) is 19.0 Å². The van der Waals surface area contributed by atoms with Gasteiger partial charge in [-0.3, -0.25) is 0 Å². The minimum Gasteiger partial charge on any atom is -0.497 e. The molecule has 1 aliphatic heterocycles. The predicted octanol–water partition coefficient (Wildman–Crippen LogP) is 2.25. The molecule has 1 saturated heterocycles. The topological polar surface area (TPSA) is 72.3 Å². The zero-order valence-electron chi connectivity index (χ0n) is 13.0. The van der Waals surface area contributed by atoms with Gasteiger partial charge in [0.1, 0.15) is 5.75 Å². The highest BCUT2D eigenvalue weighted by Gasteiger charge is 2.34. The molecule has 2 aliphatic rings. The number of methoxy groups -OCH3 is 1. The van der Waals surface area contributed by atoms with E-state index in [2.05, 4.69) is 15.6 Å². The quantitative estimate of drug-likeness (QED) is 0.939. The molecule has 1 saturated carbocycles. The van der Waals surface area contributed by atoms with Crippen LogP contribution >= 0.6 is 0 Å². The lowest BCUT2D eigenvalue weighted by Gasteiger charge is -2.38. The molecule has 0 atom stereocenters. The van der Waals surface area contributed by atoms with Gasteiger partial charge in [0.05, 0.1) is 18.8 Å². The van der Waals surface area contributed by atoms with Crippen molar-refractivity contribution in [2.24, 2.45) is 0 Å². The van der Waals surface area contributed by atoms with E-state index >= 15 is 0 Å². The van der Waals surface area contributed by atoms with Crippen molar-refractivity contribution in [1.82, 2.24) is 19.9 Å². The zero-order chi connectivity index (χ0) is 15.8. The van der Waals surface area contributed by atoms with Crippen molar-refractivity contribution in [2.45, 2.75) is 24.8 Å². The molecule has 2 fully saturated rings. The average molecular weight is 313 g/mol. The first-order valence-corrected chi connectivity index (χ1v) is 7.84. The van der Waals surface area contributed by atoms with Gasteiger partial charge in [-0.2, -0.15) is 0 Å². The lowest BCUT2D eigenvalue weighted by Crippen LogP contribution is -2.52. The second-order valence-corrected chi connectivity index (χ2v) is 6.12. The third kappa shape index (κ3) is 2.86. The maximum Gasteiger partial charge on any atom is 0.321 e. The van der Waals surface area contributed by atoms with E-state index in [1.54, 1.807) is 18.1 Å². The van der Waals surface area contributed by atoms with E-state index in [1.807, 2.05) is 29.1 Å². The number of hydrogen-bond acceptors (Lipinski definition) is 4. The van der Waals surface area contributed by atoms with E-state index in [-0.39, 0.29) is 12.1 Å². The molecule has 120 valence electrons. The number of likely N-dealkylation sites (tertiary alicyclic amines) is 1. The van der Waals surface area contributed by atoms with Gasteiger partial charge in [0.15, 0.2) is 0 Å². The fraction of sp³-hybridized carbons (Fsp3) is 0.438. The summed E-state index contributed by atoms with van der Waals surface area (Å²) in [6.45, 7) is 1.31. The predicted molar refractivity (Wildman–Crippen MR) is 84.6 cm³/mol. The number of ether oxygens (including phenoxy) is 1. The maximum absolute atomic E-state index is 12.2. The second kappa shape index (κ2) is 5.57. The number of carbonyl (C=O) groups is 1. The van der Waals surface area contributed by atoms with Crippen LogP contribution < -0.4 is 10.1 Å². The summed E-state index contributed by atoms with van der Waals surface area (Å²) in [6.07, 6.45) is 4.47. The maximum atomic E-state index is 12.2. The molecular weight excluding hydrogens is 294 g/mol. The molecule has 2 heterocycles. The van der Waals surface area contributed by atoms with Crippen molar-refractivity contribution in [1.29, 1.82) is 0 Å². The first kappa shape index (κ1) is 14.0. The summed E-state index contributed by atoms with van der Waals surface area (Å²) in [4.78, 5) is 14.0. The third-order valence-corrected chi connectivity index (χ3v) is 4.37. The molecule has 4 rings (SSSR count). The van der Waals surface area contributed by atoms with Crippen LogP contribution in [-0.2, 0) is 0 Å². The molecule has 7 nitrogen and oxygen atoms in total. The second-order valence-electron chi connectivity index (χ2n) is 6.12. The molecule has 1 aromatic carbocycles. The summed E-state index contributed by atoms with van der Waals surface area (Å²) in [7, 11) is 1.61. The summed E-state index contributed by atoms with van der Waals surface area (Å²) < 4.78 is 7.05. The van der Waals surface area contributed by atoms with Gasteiger partial charge in [-0.25, -0.2) is 9.48 Å². The molecule has 2 amide bonds. The summed E-state index contributed by atoms with van der Waals surface area (Å²) in [5.74, 6) is 1.33. The van der Waals surface area contributed by atoms with Crippen LogP contribution in [0, 0.1) is 0 Å². The number of rotatable bonds is 4. The van der Waals surface area contributed by atoms with Crippen molar-refractivity contribution in [3.63, 3.8) is 0 Å². The van der Waals surface area contributed by atoms with Crippen LogP contribution in [0.3, 0.4) is 0 Å². The number of amides is 2. The van der Waals surface area contributed by atoms with Crippen LogP contribution in [0.5, 0.6) is 5.75 Å². The summed E-state index contributed by atoms with van der Waals surface area (Å²) in [6, 6.07) is 7.47. The average Bonchev–Trinajstić information content (AvgIpc) is 3.25. The molecule has 23 heavy (non-hydrogen) atoms. The molecule has 0 spiro atoms. The Balaban J connectivity index is 1.32. The first-order valence-electron chi connectivity index (χ1n) is 7.84. The number of nitrogens with one attached hydrogen (secondary N) is 1. The van der Waals surface area contributed by atoms with Crippen molar-refractivity contribution in [3.8, 4) is 5.75 Å². The zero-order valence-corrected chi connectivity index (χ0v) is 13.0. The smallest absolute Gasteiger partial charge is 0.321 e. The number of urea groups is 1. The van der Waals surface area contributed by atoms with Crippen LogP contribution in [0.15, 0.2) is 30.5 Å². The van der Waals surface area contributed by atoms with Crippen LogP contribution in [0.4, 0.5) is 10.5 Å². The van der Waals surface area contributed by atoms with Gasteiger partial charge in [0.2, 0.25) is 0 Å². The Hall–Kier alpha value is -2.57. The SMILES string of the molecule is COc1cccc(NC(=O)N2CC(n3cc(C4CC4)nn3)C2)c1. The van der Waals surface area contributed by atoms with Gasteiger partial charge in [0.25, 0.3) is 0 Å². The summed E-state index contributed by atoms with van der Waals surface area (Å²) in [5.41, 5.74) is 1.82. The van der Waals surface area contributed by atoms with Gasteiger partial charge in [0, 0.05) is 37.0 Å². The van der Waals surface area contributed by atoms with Crippen molar-refractivity contribution >= 4 is 11.7 Å². The van der Waals surface area contributed by atoms with E-state index in [9.17, 15) is 4.79 Å². The fourth-order valence-electron chi connectivity index (χ4n) is 2.73. The first-order chi connectivity index (χ1) is 11.2. The van der Waals surface area contributed by atoms with Gasteiger partial charge < -0.3 is 15.0 Å². The Labute approximate surface area is 134 Å².